The van der Waals surface area contributed by atoms with Gasteiger partial charge in [-0.1, -0.05) is 6.58 Å². The Morgan fingerprint density at radius 1 is 1.32 bits per heavy atom. The number of rotatable bonds is 4. The number of carbonyl (C=O) groups is 2. The molecule has 1 amide bonds. The Bertz CT molecular complexity index is 351. The number of carbonyl (C=O) groups excluding carboxylic acids is 2. The first-order valence-corrected chi connectivity index (χ1v) is 6.59. The molecule has 0 aromatic heterocycles. The van der Waals surface area contributed by atoms with Crippen molar-refractivity contribution in [1.29, 1.82) is 0 Å². The van der Waals surface area contributed by atoms with Crippen LogP contribution < -0.4 is 5.32 Å². The first-order chi connectivity index (χ1) is 8.76. The monoisotopic (exact) mass is 269 g/mol. The molecule has 1 saturated carbocycles. The number of hydrogen-bond acceptors (Lipinski definition) is 4. The van der Waals surface area contributed by atoms with Crippen LogP contribution in [0.4, 0.5) is 4.79 Å². The van der Waals surface area contributed by atoms with E-state index in [0.717, 1.165) is 25.7 Å². The van der Waals surface area contributed by atoms with Crippen LogP contribution in [0.15, 0.2) is 12.7 Å². The second-order valence-corrected chi connectivity index (χ2v) is 5.81. The molecule has 0 saturated heterocycles. The van der Waals surface area contributed by atoms with Crippen LogP contribution in [0.1, 0.15) is 46.5 Å². The van der Waals surface area contributed by atoms with Gasteiger partial charge in [0, 0.05) is 0 Å². The maximum atomic E-state index is 11.7. The molecular formula is C14H23NO4. The summed E-state index contributed by atoms with van der Waals surface area (Å²) in [6.45, 7) is 8.81. The molecule has 108 valence electrons. The van der Waals surface area contributed by atoms with E-state index in [2.05, 4.69) is 11.9 Å². The van der Waals surface area contributed by atoms with Crippen molar-refractivity contribution in [1.82, 2.24) is 5.32 Å². The highest BCUT2D eigenvalue weighted by molar-refractivity contribution is 5.78. The van der Waals surface area contributed by atoms with Crippen molar-refractivity contribution in [2.45, 2.75) is 57.7 Å². The maximum Gasteiger partial charge on any atom is 0.408 e. The molecule has 0 unspecified atom stereocenters. The summed E-state index contributed by atoms with van der Waals surface area (Å²) in [5.41, 5.74) is -1.13. The molecule has 1 fully saturated rings. The smallest absolute Gasteiger partial charge is 0.408 e. The van der Waals surface area contributed by atoms with Gasteiger partial charge in [-0.05, 0) is 52.5 Å². The van der Waals surface area contributed by atoms with E-state index < -0.39 is 23.3 Å². The Morgan fingerprint density at radius 3 is 2.37 bits per heavy atom. The third-order valence-electron chi connectivity index (χ3n) is 2.91. The van der Waals surface area contributed by atoms with Crippen LogP contribution in [-0.4, -0.2) is 29.8 Å². The molecule has 0 aromatic carbocycles. The molecule has 0 radical (unpaired) electrons. The molecule has 5 nitrogen and oxygen atoms in total. The molecule has 0 heterocycles. The standard InChI is InChI=1S/C14H23NO4/c1-5-14(8-6-7-9-14)18-11(16)10-15-12(17)19-13(2,3)4/h5H,1,6-10H2,2-4H3,(H,15,17). The summed E-state index contributed by atoms with van der Waals surface area (Å²) in [4.78, 5) is 23.1. The predicted octanol–water partition coefficient (Wildman–Crippen LogP) is 2.55. The van der Waals surface area contributed by atoms with E-state index in [1.54, 1.807) is 26.8 Å². The molecule has 5 heteroatoms. The van der Waals surface area contributed by atoms with Crippen LogP contribution in [-0.2, 0) is 14.3 Å². The summed E-state index contributed by atoms with van der Waals surface area (Å²) in [5.74, 6) is -0.465. The minimum Gasteiger partial charge on any atom is -0.454 e. The summed E-state index contributed by atoms with van der Waals surface area (Å²) in [5, 5.41) is 2.38. The van der Waals surface area contributed by atoms with E-state index in [0.29, 0.717) is 0 Å². The van der Waals surface area contributed by atoms with Crippen LogP contribution in [0.3, 0.4) is 0 Å². The predicted molar refractivity (Wildman–Crippen MR) is 71.7 cm³/mol. The molecule has 1 rings (SSSR count). The molecular weight excluding hydrogens is 246 g/mol. The summed E-state index contributed by atoms with van der Waals surface area (Å²) in [6, 6.07) is 0. The van der Waals surface area contributed by atoms with Crippen molar-refractivity contribution in [3.63, 3.8) is 0 Å². The number of amides is 1. The van der Waals surface area contributed by atoms with Crippen LogP contribution >= 0.6 is 0 Å². The molecule has 1 aliphatic rings. The van der Waals surface area contributed by atoms with Crippen molar-refractivity contribution in [3.05, 3.63) is 12.7 Å². The first-order valence-electron chi connectivity index (χ1n) is 6.59. The fourth-order valence-electron chi connectivity index (χ4n) is 2.04. The highest BCUT2D eigenvalue weighted by Gasteiger charge is 2.34. The van der Waals surface area contributed by atoms with Crippen LogP contribution in [0, 0.1) is 0 Å². The van der Waals surface area contributed by atoms with Gasteiger partial charge in [0.15, 0.2) is 0 Å². The third-order valence-corrected chi connectivity index (χ3v) is 2.91. The molecule has 0 bridgehead atoms. The topological polar surface area (TPSA) is 64.6 Å². The average Bonchev–Trinajstić information content (AvgIpc) is 2.73. The lowest BCUT2D eigenvalue weighted by atomic mass is 10.0. The Morgan fingerprint density at radius 2 is 1.89 bits per heavy atom. The minimum absolute atomic E-state index is 0.190. The van der Waals surface area contributed by atoms with Crippen LogP contribution in [0.2, 0.25) is 0 Å². The van der Waals surface area contributed by atoms with Crippen molar-refractivity contribution in [2.24, 2.45) is 0 Å². The number of esters is 1. The lowest BCUT2D eigenvalue weighted by Crippen LogP contribution is -2.39. The molecule has 0 spiro atoms. The highest BCUT2D eigenvalue weighted by atomic mass is 16.6. The Hall–Kier alpha value is -1.52. The van der Waals surface area contributed by atoms with E-state index in [1.807, 2.05) is 0 Å². The van der Waals surface area contributed by atoms with Crippen molar-refractivity contribution >= 4 is 12.1 Å². The zero-order valence-corrected chi connectivity index (χ0v) is 12.0. The van der Waals surface area contributed by atoms with Gasteiger partial charge >= 0.3 is 12.1 Å². The van der Waals surface area contributed by atoms with E-state index in [-0.39, 0.29) is 6.54 Å². The van der Waals surface area contributed by atoms with Gasteiger partial charge in [0.1, 0.15) is 17.7 Å². The summed E-state index contributed by atoms with van der Waals surface area (Å²) in [6.07, 6.45) is 4.72. The number of alkyl carbamates (subject to hydrolysis) is 1. The van der Waals surface area contributed by atoms with E-state index in [4.69, 9.17) is 9.47 Å². The van der Waals surface area contributed by atoms with Gasteiger partial charge in [-0.25, -0.2) is 4.79 Å². The van der Waals surface area contributed by atoms with E-state index in [1.165, 1.54) is 0 Å². The molecule has 19 heavy (non-hydrogen) atoms. The van der Waals surface area contributed by atoms with Gasteiger partial charge < -0.3 is 14.8 Å². The molecule has 1 aliphatic carbocycles. The molecule has 0 aliphatic heterocycles. The van der Waals surface area contributed by atoms with Gasteiger partial charge in [0.05, 0.1) is 0 Å². The van der Waals surface area contributed by atoms with Crippen LogP contribution in [0.25, 0.3) is 0 Å². The van der Waals surface area contributed by atoms with Crippen molar-refractivity contribution in [3.8, 4) is 0 Å². The Kier molecular flexibility index (Phi) is 4.97. The lowest BCUT2D eigenvalue weighted by molar-refractivity contribution is -0.153. The van der Waals surface area contributed by atoms with Gasteiger partial charge in [-0.15, -0.1) is 0 Å². The number of hydrogen-bond donors (Lipinski definition) is 1. The second-order valence-electron chi connectivity index (χ2n) is 5.81. The fourth-order valence-corrected chi connectivity index (χ4v) is 2.04. The zero-order valence-electron chi connectivity index (χ0n) is 12.0. The fraction of sp³-hybridized carbons (Fsp3) is 0.714. The van der Waals surface area contributed by atoms with Gasteiger partial charge in [0.2, 0.25) is 0 Å². The summed E-state index contributed by atoms with van der Waals surface area (Å²) >= 11 is 0. The van der Waals surface area contributed by atoms with Gasteiger partial charge in [-0.2, -0.15) is 0 Å². The SMILES string of the molecule is C=CC1(OC(=O)CNC(=O)OC(C)(C)C)CCCC1. The van der Waals surface area contributed by atoms with Gasteiger partial charge in [0.25, 0.3) is 0 Å². The highest BCUT2D eigenvalue weighted by Crippen LogP contribution is 2.34. The minimum atomic E-state index is -0.622. The molecule has 0 aromatic rings. The third kappa shape index (κ3) is 5.32. The van der Waals surface area contributed by atoms with Crippen molar-refractivity contribution < 1.29 is 19.1 Å². The molecule has 0 atom stereocenters. The van der Waals surface area contributed by atoms with Crippen LogP contribution in [0.5, 0.6) is 0 Å². The Balaban J connectivity index is 2.35. The first kappa shape index (κ1) is 15.5. The maximum absolute atomic E-state index is 11.7. The zero-order chi connectivity index (χ0) is 14.5. The van der Waals surface area contributed by atoms with E-state index in [9.17, 15) is 9.59 Å². The lowest BCUT2D eigenvalue weighted by Gasteiger charge is -2.25. The number of nitrogens with one attached hydrogen (secondary N) is 1. The normalized spacial score (nSPS) is 17.6. The van der Waals surface area contributed by atoms with Gasteiger partial charge in [-0.3, -0.25) is 4.79 Å². The quantitative estimate of drug-likeness (QED) is 0.629. The average molecular weight is 269 g/mol. The largest absolute Gasteiger partial charge is 0.454 e. The molecule has 1 N–H and O–H groups in total. The summed E-state index contributed by atoms with van der Waals surface area (Å²) < 4.78 is 10.4. The summed E-state index contributed by atoms with van der Waals surface area (Å²) in [7, 11) is 0. The Labute approximate surface area is 114 Å². The van der Waals surface area contributed by atoms with E-state index >= 15 is 0 Å². The number of ether oxygens (including phenoxy) is 2. The van der Waals surface area contributed by atoms with Crippen molar-refractivity contribution in [2.75, 3.05) is 6.54 Å². The second kappa shape index (κ2) is 6.08.